The van der Waals surface area contributed by atoms with E-state index in [9.17, 15) is 0 Å². The number of ether oxygens (including phenoxy) is 3. The van der Waals surface area contributed by atoms with Crippen molar-refractivity contribution in [3.05, 3.63) is 29.3 Å². The molecule has 4 nitrogen and oxygen atoms in total. The summed E-state index contributed by atoms with van der Waals surface area (Å²) in [5.41, 5.74) is 1.66. The van der Waals surface area contributed by atoms with Crippen molar-refractivity contribution in [1.29, 1.82) is 5.26 Å². The first-order valence-corrected chi connectivity index (χ1v) is 6.12. The summed E-state index contributed by atoms with van der Waals surface area (Å²) in [7, 11) is 0. The Morgan fingerprint density at radius 2 is 2.33 bits per heavy atom. The van der Waals surface area contributed by atoms with Crippen LogP contribution in [0.2, 0.25) is 0 Å². The van der Waals surface area contributed by atoms with Gasteiger partial charge in [0, 0.05) is 6.42 Å². The van der Waals surface area contributed by atoms with Crippen LogP contribution in [0.15, 0.2) is 18.2 Å². The van der Waals surface area contributed by atoms with Gasteiger partial charge in [0.05, 0.1) is 38.1 Å². The molecule has 0 radical (unpaired) electrons. The van der Waals surface area contributed by atoms with E-state index in [1.54, 1.807) is 6.07 Å². The highest BCUT2D eigenvalue weighted by molar-refractivity contribution is 5.44. The molecule has 0 N–H and O–H groups in total. The largest absolute Gasteiger partial charge is 0.492 e. The number of hydrogen-bond donors (Lipinski definition) is 0. The molecule has 1 aliphatic rings. The lowest BCUT2D eigenvalue weighted by Crippen LogP contribution is -2.29. The third kappa shape index (κ3) is 3.46. The summed E-state index contributed by atoms with van der Waals surface area (Å²) >= 11 is 0. The summed E-state index contributed by atoms with van der Waals surface area (Å²) in [6, 6.07) is 7.70. The minimum Gasteiger partial charge on any atom is -0.492 e. The van der Waals surface area contributed by atoms with Gasteiger partial charge >= 0.3 is 0 Å². The Bertz CT molecular complexity index is 433. The average molecular weight is 247 g/mol. The molecule has 1 fully saturated rings. The number of nitrogens with zero attached hydrogens (tertiary/aromatic N) is 1. The van der Waals surface area contributed by atoms with E-state index in [-0.39, 0.29) is 6.10 Å². The molecule has 0 aliphatic carbocycles. The van der Waals surface area contributed by atoms with Gasteiger partial charge in [-0.15, -0.1) is 0 Å². The minimum atomic E-state index is 0.106. The van der Waals surface area contributed by atoms with Gasteiger partial charge in [-0.05, 0) is 24.6 Å². The van der Waals surface area contributed by atoms with Crippen LogP contribution in [0, 0.1) is 18.3 Å². The molecule has 0 spiro atoms. The highest BCUT2D eigenvalue weighted by atomic mass is 16.6. The van der Waals surface area contributed by atoms with Crippen molar-refractivity contribution in [2.75, 3.05) is 26.4 Å². The highest BCUT2D eigenvalue weighted by Gasteiger charge is 2.14. The first kappa shape index (κ1) is 12.9. The van der Waals surface area contributed by atoms with Crippen molar-refractivity contribution in [3.63, 3.8) is 0 Å². The van der Waals surface area contributed by atoms with E-state index < -0.39 is 0 Å². The normalized spacial score (nSPS) is 19.2. The minimum absolute atomic E-state index is 0.106. The lowest BCUT2D eigenvalue weighted by atomic mass is 10.1. The van der Waals surface area contributed by atoms with Crippen LogP contribution in [0.1, 0.15) is 17.5 Å². The second kappa shape index (κ2) is 6.39. The zero-order chi connectivity index (χ0) is 12.8. The van der Waals surface area contributed by atoms with Gasteiger partial charge in [0.25, 0.3) is 0 Å². The number of benzene rings is 1. The fraction of sp³-hybridized carbons (Fsp3) is 0.500. The third-order valence-electron chi connectivity index (χ3n) is 2.84. The van der Waals surface area contributed by atoms with Gasteiger partial charge in [-0.3, -0.25) is 0 Å². The molecule has 4 heteroatoms. The molecule has 1 heterocycles. The predicted molar refractivity (Wildman–Crippen MR) is 66.6 cm³/mol. The monoisotopic (exact) mass is 247 g/mol. The van der Waals surface area contributed by atoms with E-state index in [0.717, 1.165) is 12.0 Å². The Kier molecular flexibility index (Phi) is 4.57. The quantitative estimate of drug-likeness (QED) is 0.817. The zero-order valence-electron chi connectivity index (χ0n) is 10.5. The lowest BCUT2D eigenvalue weighted by molar-refractivity contribution is -0.0935. The third-order valence-corrected chi connectivity index (χ3v) is 2.84. The molecular formula is C14H17NO3. The van der Waals surface area contributed by atoms with Crippen LogP contribution in [-0.2, 0) is 9.47 Å². The van der Waals surface area contributed by atoms with Crippen LogP contribution in [0.4, 0.5) is 0 Å². The molecule has 1 atom stereocenters. The van der Waals surface area contributed by atoms with Gasteiger partial charge in [-0.25, -0.2) is 0 Å². The van der Waals surface area contributed by atoms with E-state index in [0.29, 0.717) is 37.7 Å². The fourth-order valence-corrected chi connectivity index (χ4v) is 1.84. The second-order valence-corrected chi connectivity index (χ2v) is 4.32. The number of nitriles is 1. The van der Waals surface area contributed by atoms with Gasteiger partial charge in [0.1, 0.15) is 11.8 Å². The van der Waals surface area contributed by atoms with Gasteiger partial charge in [-0.2, -0.15) is 5.26 Å². The van der Waals surface area contributed by atoms with Gasteiger partial charge in [-0.1, -0.05) is 6.07 Å². The Morgan fingerprint density at radius 1 is 1.44 bits per heavy atom. The van der Waals surface area contributed by atoms with Crippen molar-refractivity contribution in [2.45, 2.75) is 19.4 Å². The maximum atomic E-state index is 8.98. The molecule has 1 aromatic carbocycles. The average Bonchev–Trinajstić information content (AvgIpc) is 2.40. The topological polar surface area (TPSA) is 51.5 Å². The number of rotatable bonds is 4. The summed E-state index contributed by atoms with van der Waals surface area (Å²) in [5, 5.41) is 8.98. The van der Waals surface area contributed by atoms with Crippen molar-refractivity contribution >= 4 is 0 Å². The summed E-state index contributed by atoms with van der Waals surface area (Å²) < 4.78 is 16.5. The molecule has 96 valence electrons. The molecule has 0 amide bonds. The predicted octanol–water partition coefficient (Wildman–Crippen LogP) is 2.05. The van der Waals surface area contributed by atoms with Crippen molar-refractivity contribution < 1.29 is 14.2 Å². The summed E-state index contributed by atoms with van der Waals surface area (Å²) in [6.45, 7) is 4.47. The van der Waals surface area contributed by atoms with Crippen LogP contribution < -0.4 is 4.74 Å². The van der Waals surface area contributed by atoms with Crippen molar-refractivity contribution in [1.82, 2.24) is 0 Å². The molecule has 1 saturated heterocycles. The number of hydrogen-bond acceptors (Lipinski definition) is 4. The summed E-state index contributed by atoms with van der Waals surface area (Å²) in [5.74, 6) is 0.647. The molecule has 1 aliphatic heterocycles. The molecule has 0 saturated carbocycles. The summed E-state index contributed by atoms with van der Waals surface area (Å²) in [4.78, 5) is 0. The Morgan fingerprint density at radius 3 is 3.06 bits per heavy atom. The molecule has 2 rings (SSSR count). The smallest absolute Gasteiger partial charge is 0.137 e. The first-order chi connectivity index (χ1) is 8.79. The lowest BCUT2D eigenvalue weighted by Gasteiger charge is -2.22. The van der Waals surface area contributed by atoms with Crippen LogP contribution in [0.5, 0.6) is 5.75 Å². The molecule has 0 bridgehead atoms. The van der Waals surface area contributed by atoms with E-state index in [1.807, 2.05) is 19.1 Å². The second-order valence-electron chi connectivity index (χ2n) is 4.32. The van der Waals surface area contributed by atoms with E-state index >= 15 is 0 Å². The van der Waals surface area contributed by atoms with Crippen LogP contribution in [-0.4, -0.2) is 32.5 Å². The molecule has 1 aromatic rings. The molecule has 1 unspecified atom stereocenters. The molecular weight excluding hydrogens is 230 g/mol. The van der Waals surface area contributed by atoms with Crippen LogP contribution in [0.25, 0.3) is 0 Å². The van der Waals surface area contributed by atoms with Crippen LogP contribution >= 0.6 is 0 Å². The Labute approximate surface area is 107 Å². The maximum Gasteiger partial charge on any atom is 0.137 e. The SMILES string of the molecule is Cc1ccc(C#N)c(OCCC2COCCO2)c1. The molecule has 18 heavy (non-hydrogen) atoms. The molecule has 0 aromatic heterocycles. The Balaban J connectivity index is 1.86. The van der Waals surface area contributed by atoms with E-state index in [4.69, 9.17) is 19.5 Å². The summed E-state index contributed by atoms with van der Waals surface area (Å²) in [6.07, 6.45) is 0.882. The van der Waals surface area contributed by atoms with Gasteiger partial charge < -0.3 is 14.2 Å². The highest BCUT2D eigenvalue weighted by Crippen LogP contribution is 2.20. The van der Waals surface area contributed by atoms with Gasteiger partial charge in [0.15, 0.2) is 0 Å². The van der Waals surface area contributed by atoms with Gasteiger partial charge in [0.2, 0.25) is 0 Å². The van der Waals surface area contributed by atoms with Crippen molar-refractivity contribution in [3.8, 4) is 11.8 Å². The van der Waals surface area contributed by atoms with E-state index in [2.05, 4.69) is 6.07 Å². The first-order valence-electron chi connectivity index (χ1n) is 6.12. The number of aryl methyl sites for hydroxylation is 1. The van der Waals surface area contributed by atoms with E-state index in [1.165, 1.54) is 0 Å². The fourth-order valence-electron chi connectivity index (χ4n) is 1.84. The standard InChI is InChI=1S/C14H17NO3/c1-11-2-3-12(9-15)14(8-11)18-5-4-13-10-16-6-7-17-13/h2-3,8,13H,4-7,10H2,1H3. The van der Waals surface area contributed by atoms with Crippen LogP contribution in [0.3, 0.4) is 0 Å². The zero-order valence-corrected chi connectivity index (χ0v) is 10.5. The van der Waals surface area contributed by atoms with Crippen molar-refractivity contribution in [2.24, 2.45) is 0 Å². The Hall–Kier alpha value is -1.57. The maximum absolute atomic E-state index is 8.98.